The average Bonchev–Trinajstić information content (AvgIpc) is 2.19. The maximum absolute atomic E-state index is 11.7. The smallest absolute Gasteiger partial charge is 0.163 e. The molecule has 0 amide bonds. The van der Waals surface area contributed by atoms with E-state index >= 15 is 0 Å². The van der Waals surface area contributed by atoms with Crippen molar-refractivity contribution >= 4 is 21.7 Å². The molecule has 1 nitrogen and oxygen atoms in total. The summed E-state index contributed by atoms with van der Waals surface area (Å²) in [4.78, 5) is 12.0. The standard InChI is InChI=1S/C12H15BrO/c1-2-6-11(13)9-12(14)10-7-4-3-5-8-10/h3-5,7-8,11H,2,6,9H2,1H3. The third-order valence-corrected chi connectivity index (χ3v) is 2.89. The normalized spacial score (nSPS) is 12.4. The van der Waals surface area contributed by atoms with Crippen molar-refractivity contribution in [3.05, 3.63) is 35.9 Å². The number of rotatable bonds is 5. The van der Waals surface area contributed by atoms with Crippen LogP contribution in [0.1, 0.15) is 36.5 Å². The molecule has 0 fully saturated rings. The van der Waals surface area contributed by atoms with Crippen LogP contribution in [0.2, 0.25) is 0 Å². The molecule has 14 heavy (non-hydrogen) atoms. The summed E-state index contributed by atoms with van der Waals surface area (Å²) in [6.07, 6.45) is 2.76. The first-order valence-corrected chi connectivity index (χ1v) is 5.88. The van der Waals surface area contributed by atoms with Crippen molar-refractivity contribution in [3.8, 4) is 0 Å². The fraction of sp³-hybridized carbons (Fsp3) is 0.417. The quantitative estimate of drug-likeness (QED) is 0.577. The number of hydrogen-bond acceptors (Lipinski definition) is 1. The van der Waals surface area contributed by atoms with Gasteiger partial charge in [-0.2, -0.15) is 0 Å². The van der Waals surface area contributed by atoms with Gasteiger partial charge in [-0.05, 0) is 6.42 Å². The maximum atomic E-state index is 11.7. The van der Waals surface area contributed by atoms with Crippen LogP contribution in [0.15, 0.2) is 30.3 Å². The highest BCUT2D eigenvalue weighted by molar-refractivity contribution is 9.09. The highest BCUT2D eigenvalue weighted by atomic mass is 79.9. The van der Waals surface area contributed by atoms with E-state index in [0.717, 1.165) is 18.4 Å². The molecule has 0 N–H and O–H groups in total. The number of carbonyl (C=O) groups excluding carboxylic acids is 1. The van der Waals surface area contributed by atoms with Gasteiger partial charge in [-0.25, -0.2) is 0 Å². The molecule has 0 bridgehead atoms. The Morgan fingerprint density at radius 3 is 2.57 bits per heavy atom. The van der Waals surface area contributed by atoms with Gasteiger partial charge in [-0.3, -0.25) is 4.79 Å². The summed E-state index contributed by atoms with van der Waals surface area (Å²) in [5.74, 6) is 0.223. The van der Waals surface area contributed by atoms with Crippen LogP contribution in [0.5, 0.6) is 0 Å². The van der Waals surface area contributed by atoms with Gasteiger partial charge in [0.25, 0.3) is 0 Å². The number of hydrogen-bond donors (Lipinski definition) is 0. The van der Waals surface area contributed by atoms with Crippen molar-refractivity contribution in [1.82, 2.24) is 0 Å². The molecule has 2 heteroatoms. The summed E-state index contributed by atoms with van der Waals surface area (Å²) in [6.45, 7) is 2.13. The molecular formula is C12H15BrO. The first-order valence-electron chi connectivity index (χ1n) is 4.96. The van der Waals surface area contributed by atoms with E-state index in [2.05, 4.69) is 22.9 Å². The number of Topliss-reactive ketones (excluding diaryl/α,β-unsaturated/α-hetero) is 1. The number of halogens is 1. The molecule has 0 aliphatic carbocycles. The monoisotopic (exact) mass is 254 g/mol. The summed E-state index contributed by atoms with van der Waals surface area (Å²) in [6, 6.07) is 9.46. The molecule has 0 radical (unpaired) electrons. The molecule has 0 spiro atoms. The molecule has 76 valence electrons. The third kappa shape index (κ3) is 3.62. The summed E-state index contributed by atoms with van der Waals surface area (Å²) >= 11 is 3.52. The molecular weight excluding hydrogens is 240 g/mol. The Balaban J connectivity index is 2.51. The highest BCUT2D eigenvalue weighted by Gasteiger charge is 2.10. The van der Waals surface area contributed by atoms with Crippen molar-refractivity contribution in [1.29, 1.82) is 0 Å². The Labute approximate surface area is 93.7 Å². The summed E-state index contributed by atoms with van der Waals surface area (Å²) in [5.41, 5.74) is 0.813. The largest absolute Gasteiger partial charge is 0.294 e. The van der Waals surface area contributed by atoms with Crippen LogP contribution in [0.3, 0.4) is 0 Å². The molecule has 1 atom stereocenters. The van der Waals surface area contributed by atoms with E-state index in [1.807, 2.05) is 30.3 Å². The van der Waals surface area contributed by atoms with Crippen LogP contribution in [0, 0.1) is 0 Å². The van der Waals surface area contributed by atoms with E-state index in [1.54, 1.807) is 0 Å². The minimum Gasteiger partial charge on any atom is -0.294 e. The van der Waals surface area contributed by atoms with Gasteiger partial charge in [0.05, 0.1) is 0 Å². The minimum absolute atomic E-state index is 0.223. The van der Waals surface area contributed by atoms with Gasteiger partial charge in [0, 0.05) is 16.8 Å². The van der Waals surface area contributed by atoms with Crippen molar-refractivity contribution in [2.75, 3.05) is 0 Å². The van der Waals surface area contributed by atoms with Crippen LogP contribution in [0.25, 0.3) is 0 Å². The molecule has 0 saturated carbocycles. The van der Waals surface area contributed by atoms with E-state index in [1.165, 1.54) is 0 Å². The van der Waals surface area contributed by atoms with Crippen LogP contribution in [0.4, 0.5) is 0 Å². The second kappa shape index (κ2) is 5.97. The minimum atomic E-state index is 0.223. The Morgan fingerprint density at radius 1 is 1.36 bits per heavy atom. The van der Waals surface area contributed by atoms with E-state index in [9.17, 15) is 4.79 Å². The van der Waals surface area contributed by atoms with E-state index in [-0.39, 0.29) is 5.78 Å². The molecule has 0 saturated heterocycles. The van der Waals surface area contributed by atoms with Gasteiger partial charge in [0.15, 0.2) is 5.78 Å². The Bertz CT molecular complexity index is 282. The fourth-order valence-corrected chi connectivity index (χ4v) is 2.11. The lowest BCUT2D eigenvalue weighted by atomic mass is 10.1. The second-order valence-electron chi connectivity index (χ2n) is 3.38. The Morgan fingerprint density at radius 2 is 2.00 bits per heavy atom. The number of carbonyl (C=O) groups is 1. The molecule has 0 aliphatic heterocycles. The Kier molecular flexibility index (Phi) is 4.88. The number of alkyl halides is 1. The lowest BCUT2D eigenvalue weighted by Crippen LogP contribution is -2.07. The molecule has 0 aliphatic rings. The van der Waals surface area contributed by atoms with Crippen molar-refractivity contribution in [2.45, 2.75) is 31.0 Å². The Hall–Kier alpha value is -0.630. The lowest BCUT2D eigenvalue weighted by molar-refractivity contribution is 0.0982. The third-order valence-electron chi connectivity index (χ3n) is 2.10. The first kappa shape index (κ1) is 11.4. The maximum Gasteiger partial charge on any atom is 0.163 e. The molecule has 0 aromatic heterocycles. The van der Waals surface area contributed by atoms with Crippen molar-refractivity contribution in [2.24, 2.45) is 0 Å². The lowest BCUT2D eigenvalue weighted by Gasteiger charge is -2.06. The zero-order valence-electron chi connectivity index (χ0n) is 8.37. The van der Waals surface area contributed by atoms with Gasteiger partial charge in [0.1, 0.15) is 0 Å². The first-order chi connectivity index (χ1) is 6.74. The second-order valence-corrected chi connectivity index (χ2v) is 4.67. The molecule has 1 unspecified atom stereocenters. The van der Waals surface area contributed by atoms with E-state index < -0.39 is 0 Å². The van der Waals surface area contributed by atoms with Gasteiger partial charge < -0.3 is 0 Å². The number of benzene rings is 1. The van der Waals surface area contributed by atoms with Gasteiger partial charge in [0.2, 0.25) is 0 Å². The zero-order chi connectivity index (χ0) is 10.4. The average molecular weight is 255 g/mol. The molecule has 1 aromatic rings. The number of ketones is 1. The van der Waals surface area contributed by atoms with Crippen LogP contribution in [-0.2, 0) is 0 Å². The highest BCUT2D eigenvalue weighted by Crippen LogP contribution is 2.15. The summed E-state index contributed by atoms with van der Waals surface area (Å²) in [5, 5.41) is 0. The topological polar surface area (TPSA) is 17.1 Å². The van der Waals surface area contributed by atoms with Crippen LogP contribution >= 0.6 is 15.9 Å². The van der Waals surface area contributed by atoms with Gasteiger partial charge in [-0.1, -0.05) is 59.6 Å². The zero-order valence-corrected chi connectivity index (χ0v) is 9.96. The van der Waals surface area contributed by atoms with Crippen LogP contribution < -0.4 is 0 Å². The van der Waals surface area contributed by atoms with Crippen LogP contribution in [-0.4, -0.2) is 10.6 Å². The van der Waals surface area contributed by atoms with E-state index in [0.29, 0.717) is 11.2 Å². The predicted molar refractivity (Wildman–Crippen MR) is 63.0 cm³/mol. The van der Waals surface area contributed by atoms with Crippen molar-refractivity contribution in [3.63, 3.8) is 0 Å². The summed E-state index contributed by atoms with van der Waals surface area (Å²) in [7, 11) is 0. The molecule has 1 aromatic carbocycles. The van der Waals surface area contributed by atoms with Gasteiger partial charge in [-0.15, -0.1) is 0 Å². The fourth-order valence-electron chi connectivity index (χ4n) is 1.36. The van der Waals surface area contributed by atoms with E-state index in [4.69, 9.17) is 0 Å². The van der Waals surface area contributed by atoms with Crippen molar-refractivity contribution < 1.29 is 4.79 Å². The summed E-state index contributed by atoms with van der Waals surface area (Å²) < 4.78 is 0. The van der Waals surface area contributed by atoms with Gasteiger partial charge >= 0.3 is 0 Å². The molecule has 0 heterocycles. The SMILES string of the molecule is CCCC(Br)CC(=O)c1ccccc1. The molecule has 1 rings (SSSR count). The predicted octanol–water partition coefficient (Wildman–Crippen LogP) is 3.82.